The number of carboxylic acids is 1. The van der Waals surface area contributed by atoms with E-state index in [2.05, 4.69) is 0 Å². The van der Waals surface area contributed by atoms with Crippen LogP contribution in [0.1, 0.15) is 75.0 Å². The van der Waals surface area contributed by atoms with E-state index in [9.17, 15) is 27.9 Å². The summed E-state index contributed by atoms with van der Waals surface area (Å²) < 4.78 is 63.8. The van der Waals surface area contributed by atoms with Crippen molar-refractivity contribution >= 4 is 17.6 Å². The molecule has 0 radical (unpaired) electrons. The Morgan fingerprint density at radius 2 is 1.56 bits per heavy atom. The highest BCUT2D eigenvalue weighted by Crippen LogP contribution is 2.45. The first-order valence-corrected chi connectivity index (χ1v) is 15.7. The summed E-state index contributed by atoms with van der Waals surface area (Å²) in [5.74, 6) is -2.20. The fraction of sp³-hybridized carbons (Fsp3) is 0.588. The van der Waals surface area contributed by atoms with Crippen molar-refractivity contribution in [2.24, 2.45) is 5.92 Å². The lowest BCUT2D eigenvalue weighted by Gasteiger charge is -2.39. The number of benzene rings is 2. The molecule has 7 nitrogen and oxygen atoms in total. The zero-order chi connectivity index (χ0) is 32.7. The van der Waals surface area contributed by atoms with Gasteiger partial charge in [-0.25, -0.2) is 4.39 Å². The van der Waals surface area contributed by atoms with Crippen molar-refractivity contribution < 1.29 is 37.0 Å². The number of nitrogens with zero attached hydrogens (tertiary/aromatic N) is 3. The molecule has 0 aliphatic carbocycles. The minimum absolute atomic E-state index is 0.0456. The van der Waals surface area contributed by atoms with E-state index in [-0.39, 0.29) is 31.1 Å². The van der Waals surface area contributed by atoms with E-state index < -0.39 is 41.1 Å². The van der Waals surface area contributed by atoms with E-state index in [1.54, 1.807) is 36.3 Å². The van der Waals surface area contributed by atoms with Crippen molar-refractivity contribution in [2.45, 2.75) is 75.7 Å². The average Bonchev–Trinajstić information content (AvgIpc) is 3.39. The number of carboxylic acid groups (broad SMARTS) is 1. The highest BCUT2D eigenvalue weighted by molar-refractivity contribution is 5.87. The monoisotopic (exact) mass is 633 g/mol. The molecule has 3 aliphatic heterocycles. The number of aliphatic carboxylic acids is 1. The topological polar surface area (TPSA) is 73.3 Å². The standard InChI is InChI=1S/C34H43F4N3O4/c1-32(2,3)41-20-28(23-5-8-26(45-4)9-6-23)33(35,21-41)31(44)40-17-11-22(12-18-40)27-19-25(34(36,37)38)7-10-29(27)39-15-13-24(14-16-39)30(42)43/h5-10,19,22,24,28H,11-18,20-21H2,1-4H3,(H,42,43)/t28-,33-/m0/s1. The number of piperidine rings is 2. The molecule has 1 N–H and O–H groups in total. The number of methoxy groups -OCH3 is 1. The second-order valence-electron chi connectivity index (χ2n) is 13.7. The van der Waals surface area contributed by atoms with E-state index in [1.807, 2.05) is 30.6 Å². The summed E-state index contributed by atoms with van der Waals surface area (Å²) in [5.41, 5.74) is -1.31. The number of hydrogen-bond acceptors (Lipinski definition) is 5. The number of anilines is 1. The third kappa shape index (κ3) is 6.78. The largest absolute Gasteiger partial charge is 0.497 e. The van der Waals surface area contributed by atoms with E-state index in [0.717, 1.165) is 6.07 Å². The molecule has 2 aromatic carbocycles. The van der Waals surface area contributed by atoms with Gasteiger partial charge in [0.25, 0.3) is 5.91 Å². The minimum atomic E-state index is -4.52. The number of carbonyl (C=O) groups is 2. The number of rotatable bonds is 6. The van der Waals surface area contributed by atoms with Crippen molar-refractivity contribution in [3.05, 3.63) is 59.2 Å². The van der Waals surface area contributed by atoms with Crippen LogP contribution in [0.2, 0.25) is 0 Å². The van der Waals surface area contributed by atoms with Gasteiger partial charge in [0.05, 0.1) is 18.6 Å². The van der Waals surface area contributed by atoms with Crippen LogP contribution >= 0.6 is 0 Å². The molecule has 0 unspecified atom stereocenters. The second-order valence-corrected chi connectivity index (χ2v) is 13.7. The molecule has 11 heteroatoms. The van der Waals surface area contributed by atoms with Crippen LogP contribution in [0.25, 0.3) is 0 Å². The molecule has 3 saturated heterocycles. The van der Waals surface area contributed by atoms with Gasteiger partial charge in [-0.2, -0.15) is 13.2 Å². The van der Waals surface area contributed by atoms with Crippen LogP contribution in [0, 0.1) is 5.92 Å². The minimum Gasteiger partial charge on any atom is -0.497 e. The van der Waals surface area contributed by atoms with Gasteiger partial charge in [0, 0.05) is 56.4 Å². The number of alkyl halides is 4. The fourth-order valence-electron chi connectivity index (χ4n) is 7.12. The summed E-state index contributed by atoms with van der Waals surface area (Å²) in [5, 5.41) is 9.39. The SMILES string of the molecule is COc1ccc([C@@H]2CN(C(C)(C)C)C[C@@]2(F)C(=O)N2CCC(c3cc(C(F)(F)F)ccc3N3CCC(C(=O)O)CC3)CC2)cc1. The zero-order valence-electron chi connectivity index (χ0n) is 26.4. The molecular formula is C34H43F4N3O4. The first kappa shape index (κ1) is 33.0. The van der Waals surface area contributed by atoms with Crippen LogP contribution in [0.15, 0.2) is 42.5 Å². The summed E-state index contributed by atoms with van der Waals surface area (Å²) in [6.45, 7) is 7.66. The summed E-state index contributed by atoms with van der Waals surface area (Å²) in [6, 6.07) is 10.9. The van der Waals surface area contributed by atoms with Crippen molar-refractivity contribution in [3.8, 4) is 5.75 Å². The molecular weight excluding hydrogens is 590 g/mol. The maximum absolute atomic E-state index is 17.2. The molecule has 3 aliphatic rings. The quantitative estimate of drug-likeness (QED) is 0.375. The van der Waals surface area contributed by atoms with Gasteiger partial charge in [-0.1, -0.05) is 12.1 Å². The number of hydrogen-bond donors (Lipinski definition) is 1. The number of halogens is 4. The van der Waals surface area contributed by atoms with Crippen LogP contribution in [0.3, 0.4) is 0 Å². The van der Waals surface area contributed by atoms with Crippen LogP contribution < -0.4 is 9.64 Å². The molecule has 2 aromatic rings. The molecule has 0 saturated carbocycles. The van der Waals surface area contributed by atoms with E-state index >= 15 is 4.39 Å². The Morgan fingerprint density at radius 1 is 0.933 bits per heavy atom. The van der Waals surface area contributed by atoms with Crippen LogP contribution in [-0.2, 0) is 15.8 Å². The van der Waals surface area contributed by atoms with Gasteiger partial charge >= 0.3 is 12.1 Å². The molecule has 1 amide bonds. The van der Waals surface area contributed by atoms with Gasteiger partial charge in [0.1, 0.15) is 5.75 Å². The molecule has 5 rings (SSSR count). The number of likely N-dealkylation sites (tertiary alicyclic amines) is 2. The van der Waals surface area contributed by atoms with Crippen LogP contribution in [-0.4, -0.2) is 84.4 Å². The Labute approximate surface area is 262 Å². The summed E-state index contributed by atoms with van der Waals surface area (Å²) >= 11 is 0. The Hall–Kier alpha value is -3.34. The fourth-order valence-corrected chi connectivity index (χ4v) is 7.12. The van der Waals surface area contributed by atoms with Crippen molar-refractivity contribution in [3.63, 3.8) is 0 Å². The smallest absolute Gasteiger partial charge is 0.416 e. The first-order valence-electron chi connectivity index (χ1n) is 15.7. The number of carbonyl (C=O) groups excluding carboxylic acids is 1. The number of ether oxygens (including phenoxy) is 1. The van der Waals surface area contributed by atoms with Gasteiger partial charge in [0.2, 0.25) is 5.67 Å². The van der Waals surface area contributed by atoms with Gasteiger partial charge in [0.15, 0.2) is 0 Å². The Balaban J connectivity index is 1.36. The van der Waals surface area contributed by atoms with Crippen LogP contribution in [0.5, 0.6) is 5.75 Å². The van der Waals surface area contributed by atoms with Gasteiger partial charge in [-0.15, -0.1) is 0 Å². The second kappa shape index (κ2) is 12.5. The first-order chi connectivity index (χ1) is 21.1. The molecule has 0 bridgehead atoms. The molecule has 0 spiro atoms. The molecule has 3 fully saturated rings. The molecule has 3 heterocycles. The lowest BCUT2D eigenvalue weighted by Crippen LogP contribution is -2.53. The van der Waals surface area contributed by atoms with Crippen molar-refractivity contribution in [1.29, 1.82) is 0 Å². The number of amides is 1. The van der Waals surface area contributed by atoms with Crippen molar-refractivity contribution in [2.75, 3.05) is 51.3 Å². The Bertz CT molecular complexity index is 1380. The van der Waals surface area contributed by atoms with E-state index in [0.29, 0.717) is 67.9 Å². The van der Waals surface area contributed by atoms with Crippen molar-refractivity contribution in [1.82, 2.24) is 9.80 Å². The average molecular weight is 634 g/mol. The maximum Gasteiger partial charge on any atom is 0.416 e. The van der Waals surface area contributed by atoms with Crippen LogP contribution in [0.4, 0.5) is 23.2 Å². The predicted molar refractivity (Wildman–Crippen MR) is 163 cm³/mol. The Kier molecular flexibility index (Phi) is 9.14. The van der Waals surface area contributed by atoms with E-state index in [4.69, 9.17) is 4.74 Å². The third-order valence-corrected chi connectivity index (χ3v) is 9.96. The molecule has 45 heavy (non-hydrogen) atoms. The summed E-state index contributed by atoms with van der Waals surface area (Å²) in [7, 11) is 1.56. The molecule has 2 atom stereocenters. The third-order valence-electron chi connectivity index (χ3n) is 9.96. The van der Waals surface area contributed by atoms with Gasteiger partial charge < -0.3 is 19.6 Å². The molecule has 0 aromatic heterocycles. The normalized spacial score (nSPS) is 24.2. The maximum atomic E-state index is 17.2. The van der Waals surface area contributed by atoms with E-state index in [1.165, 1.54) is 12.1 Å². The lowest BCUT2D eigenvalue weighted by molar-refractivity contribution is -0.145. The molecule has 246 valence electrons. The van der Waals surface area contributed by atoms with Gasteiger partial charge in [-0.3, -0.25) is 14.5 Å². The highest BCUT2D eigenvalue weighted by atomic mass is 19.4. The summed E-state index contributed by atoms with van der Waals surface area (Å²) in [4.78, 5) is 31.0. The summed E-state index contributed by atoms with van der Waals surface area (Å²) in [6.07, 6.45) is -2.88. The Morgan fingerprint density at radius 3 is 2.09 bits per heavy atom. The van der Waals surface area contributed by atoms with Gasteiger partial charge in [-0.05, 0) is 93.8 Å². The highest BCUT2D eigenvalue weighted by Gasteiger charge is 2.57. The zero-order valence-corrected chi connectivity index (χ0v) is 26.4. The predicted octanol–water partition coefficient (Wildman–Crippen LogP) is 6.33. The lowest BCUT2D eigenvalue weighted by atomic mass is 9.83.